The van der Waals surface area contributed by atoms with Crippen LogP contribution in [0.2, 0.25) is 0 Å². The smallest absolute Gasteiger partial charge is 0.228 e. The van der Waals surface area contributed by atoms with Gasteiger partial charge in [-0.15, -0.1) is 11.3 Å². The molecule has 0 saturated carbocycles. The SMILES string of the molecule is O=C(Cc1csc(N2CCCC2=O)n1)N[C@@H](Cc1ccccc1)c1nc2ccccc2[nH]1. The minimum absolute atomic E-state index is 0.100. The Morgan fingerprint density at radius 2 is 1.94 bits per heavy atom. The molecule has 0 aliphatic carbocycles. The van der Waals surface area contributed by atoms with E-state index >= 15 is 0 Å². The minimum atomic E-state index is -0.296. The number of amides is 2. The third-order valence-electron chi connectivity index (χ3n) is 5.54. The number of aromatic nitrogens is 3. The first kappa shape index (κ1) is 20.4. The highest BCUT2D eigenvalue weighted by molar-refractivity contribution is 7.14. The van der Waals surface area contributed by atoms with Crippen LogP contribution >= 0.6 is 11.3 Å². The molecule has 1 aliphatic heterocycles. The van der Waals surface area contributed by atoms with Gasteiger partial charge in [0.05, 0.1) is 29.2 Å². The molecular weight excluding hydrogens is 422 g/mol. The van der Waals surface area contributed by atoms with Gasteiger partial charge in [0.25, 0.3) is 0 Å². The molecule has 4 aromatic rings. The van der Waals surface area contributed by atoms with Gasteiger partial charge in [0, 0.05) is 18.3 Å². The topological polar surface area (TPSA) is 91.0 Å². The first-order chi connectivity index (χ1) is 15.7. The molecule has 2 aromatic heterocycles. The van der Waals surface area contributed by atoms with Crippen molar-refractivity contribution in [2.45, 2.75) is 31.7 Å². The molecule has 7 nitrogen and oxygen atoms in total. The molecule has 162 valence electrons. The third-order valence-corrected chi connectivity index (χ3v) is 6.45. The summed E-state index contributed by atoms with van der Waals surface area (Å²) < 4.78 is 0. The number of nitrogens with zero attached hydrogens (tertiary/aromatic N) is 3. The van der Waals surface area contributed by atoms with E-state index in [2.05, 4.69) is 15.3 Å². The van der Waals surface area contributed by atoms with Gasteiger partial charge in [0.2, 0.25) is 11.8 Å². The van der Waals surface area contributed by atoms with Gasteiger partial charge in [-0.3, -0.25) is 14.5 Å². The minimum Gasteiger partial charge on any atom is -0.345 e. The molecule has 0 bridgehead atoms. The van der Waals surface area contributed by atoms with E-state index < -0.39 is 0 Å². The molecule has 0 radical (unpaired) electrons. The fourth-order valence-electron chi connectivity index (χ4n) is 3.97. The number of rotatable bonds is 7. The van der Waals surface area contributed by atoms with Crippen LogP contribution in [0, 0.1) is 0 Å². The summed E-state index contributed by atoms with van der Waals surface area (Å²) in [4.78, 5) is 39.2. The predicted octanol–water partition coefficient (Wildman–Crippen LogP) is 3.79. The molecule has 32 heavy (non-hydrogen) atoms. The molecule has 1 fully saturated rings. The van der Waals surface area contributed by atoms with Crippen LogP contribution in [0.3, 0.4) is 0 Å². The highest BCUT2D eigenvalue weighted by Gasteiger charge is 2.25. The maximum atomic E-state index is 12.9. The van der Waals surface area contributed by atoms with Gasteiger partial charge in [-0.1, -0.05) is 42.5 Å². The maximum absolute atomic E-state index is 12.9. The second kappa shape index (κ2) is 8.92. The van der Waals surface area contributed by atoms with E-state index in [0.717, 1.165) is 28.8 Å². The van der Waals surface area contributed by atoms with Crippen molar-refractivity contribution in [1.29, 1.82) is 0 Å². The number of thiazole rings is 1. The Kier molecular flexibility index (Phi) is 5.68. The number of para-hydroxylation sites is 2. The second-order valence-corrected chi connectivity index (χ2v) is 8.73. The van der Waals surface area contributed by atoms with Crippen molar-refractivity contribution in [2.24, 2.45) is 0 Å². The van der Waals surface area contributed by atoms with Gasteiger partial charge in [-0.2, -0.15) is 0 Å². The maximum Gasteiger partial charge on any atom is 0.228 e. The molecule has 2 aromatic carbocycles. The molecule has 5 rings (SSSR count). The predicted molar refractivity (Wildman–Crippen MR) is 125 cm³/mol. The Morgan fingerprint density at radius 3 is 2.72 bits per heavy atom. The number of nitrogens with one attached hydrogen (secondary N) is 2. The number of benzene rings is 2. The number of H-pyrrole nitrogens is 1. The van der Waals surface area contributed by atoms with Crippen molar-refractivity contribution in [3.8, 4) is 0 Å². The van der Waals surface area contributed by atoms with Crippen molar-refractivity contribution in [3.63, 3.8) is 0 Å². The number of aromatic amines is 1. The summed E-state index contributed by atoms with van der Waals surface area (Å²) in [6.07, 6.45) is 2.20. The zero-order valence-electron chi connectivity index (χ0n) is 17.5. The van der Waals surface area contributed by atoms with Crippen LogP contribution in [0.25, 0.3) is 11.0 Å². The largest absolute Gasteiger partial charge is 0.345 e. The summed E-state index contributed by atoms with van der Waals surface area (Å²) in [6.45, 7) is 0.698. The Balaban J connectivity index is 1.33. The molecular formula is C24H23N5O2S. The van der Waals surface area contributed by atoms with Gasteiger partial charge < -0.3 is 10.3 Å². The van der Waals surface area contributed by atoms with Crippen molar-refractivity contribution >= 4 is 39.3 Å². The standard InChI is InChI=1S/C24H23N5O2S/c30-21(14-17-15-32-24(25-17)29-12-6-11-22(29)31)26-20(13-16-7-2-1-3-8-16)23-27-18-9-4-5-10-19(18)28-23/h1-5,7-10,15,20H,6,11-14H2,(H,26,30)(H,27,28)/t20-/m0/s1. The average molecular weight is 446 g/mol. The van der Waals surface area contributed by atoms with Crippen molar-refractivity contribution in [2.75, 3.05) is 11.4 Å². The highest BCUT2D eigenvalue weighted by atomic mass is 32.1. The quantitative estimate of drug-likeness (QED) is 0.453. The first-order valence-corrected chi connectivity index (χ1v) is 11.6. The second-order valence-electron chi connectivity index (χ2n) is 7.90. The molecule has 1 atom stereocenters. The molecule has 1 aliphatic rings. The Bertz CT molecular complexity index is 1220. The molecule has 2 amide bonds. The Morgan fingerprint density at radius 1 is 1.12 bits per heavy atom. The van der Waals surface area contributed by atoms with Crippen LogP contribution < -0.4 is 10.2 Å². The van der Waals surface area contributed by atoms with Crippen LogP contribution in [-0.2, 0) is 22.4 Å². The van der Waals surface area contributed by atoms with Crippen LogP contribution in [0.4, 0.5) is 5.13 Å². The number of imidazole rings is 1. The summed E-state index contributed by atoms with van der Waals surface area (Å²) in [7, 11) is 0. The van der Waals surface area contributed by atoms with Crippen LogP contribution in [0.15, 0.2) is 60.0 Å². The summed E-state index contributed by atoms with van der Waals surface area (Å²) in [5.74, 6) is 0.698. The van der Waals surface area contributed by atoms with Gasteiger partial charge in [-0.05, 0) is 30.5 Å². The van der Waals surface area contributed by atoms with Crippen LogP contribution in [-0.4, -0.2) is 33.3 Å². The highest BCUT2D eigenvalue weighted by Crippen LogP contribution is 2.26. The lowest BCUT2D eigenvalue weighted by Crippen LogP contribution is -2.32. The number of carbonyl (C=O) groups excluding carboxylic acids is 2. The fraction of sp³-hybridized carbons (Fsp3) is 0.250. The lowest BCUT2D eigenvalue weighted by Gasteiger charge is -2.17. The molecule has 0 unspecified atom stereocenters. The van der Waals surface area contributed by atoms with E-state index in [1.165, 1.54) is 11.3 Å². The lowest BCUT2D eigenvalue weighted by molar-refractivity contribution is -0.121. The fourth-order valence-corrected chi connectivity index (χ4v) is 4.83. The number of hydrogen-bond acceptors (Lipinski definition) is 5. The van der Waals surface area contributed by atoms with Crippen LogP contribution in [0.1, 0.15) is 36.0 Å². The average Bonchev–Trinajstić information content (AvgIpc) is 3.53. The monoisotopic (exact) mass is 445 g/mol. The zero-order chi connectivity index (χ0) is 21.9. The van der Waals surface area contributed by atoms with Gasteiger partial charge >= 0.3 is 0 Å². The first-order valence-electron chi connectivity index (χ1n) is 10.7. The number of hydrogen-bond donors (Lipinski definition) is 2. The number of anilines is 1. The molecule has 8 heteroatoms. The van der Waals surface area contributed by atoms with Crippen molar-refractivity contribution in [1.82, 2.24) is 20.3 Å². The van der Waals surface area contributed by atoms with Gasteiger partial charge in [-0.25, -0.2) is 9.97 Å². The van der Waals surface area contributed by atoms with Crippen LogP contribution in [0.5, 0.6) is 0 Å². The Hall–Kier alpha value is -3.52. The van der Waals surface area contributed by atoms with E-state index in [-0.39, 0.29) is 24.3 Å². The molecule has 0 spiro atoms. The van der Waals surface area contributed by atoms with E-state index in [1.54, 1.807) is 4.90 Å². The van der Waals surface area contributed by atoms with E-state index in [1.807, 2.05) is 60.0 Å². The molecule has 1 saturated heterocycles. The lowest BCUT2D eigenvalue weighted by atomic mass is 10.1. The summed E-state index contributed by atoms with van der Waals surface area (Å²) in [5, 5.41) is 5.66. The van der Waals surface area contributed by atoms with E-state index in [0.29, 0.717) is 30.2 Å². The zero-order valence-corrected chi connectivity index (χ0v) is 18.3. The molecule has 2 N–H and O–H groups in total. The van der Waals surface area contributed by atoms with E-state index in [4.69, 9.17) is 4.98 Å². The summed E-state index contributed by atoms with van der Waals surface area (Å²) in [5.41, 5.74) is 3.59. The summed E-state index contributed by atoms with van der Waals surface area (Å²) >= 11 is 1.41. The third kappa shape index (κ3) is 4.40. The van der Waals surface area contributed by atoms with Gasteiger partial charge in [0.15, 0.2) is 5.13 Å². The number of carbonyl (C=O) groups is 2. The Labute approximate surface area is 189 Å². The van der Waals surface area contributed by atoms with E-state index in [9.17, 15) is 9.59 Å². The normalized spacial score (nSPS) is 14.8. The van der Waals surface area contributed by atoms with Gasteiger partial charge in [0.1, 0.15) is 5.82 Å². The molecule has 3 heterocycles. The number of fused-ring (bicyclic) bond motifs is 1. The van der Waals surface area contributed by atoms with Crippen molar-refractivity contribution < 1.29 is 9.59 Å². The summed E-state index contributed by atoms with van der Waals surface area (Å²) in [6, 6.07) is 17.6. The van der Waals surface area contributed by atoms with Crippen molar-refractivity contribution in [3.05, 3.63) is 77.1 Å².